The highest BCUT2D eigenvalue weighted by Gasteiger charge is 2.32. The Morgan fingerprint density at radius 2 is 2.18 bits per heavy atom. The van der Waals surface area contributed by atoms with Crippen molar-refractivity contribution < 1.29 is 5.11 Å². The van der Waals surface area contributed by atoms with Gasteiger partial charge in [0, 0.05) is 25.7 Å². The van der Waals surface area contributed by atoms with Gasteiger partial charge in [-0.15, -0.1) is 0 Å². The van der Waals surface area contributed by atoms with Crippen LogP contribution in [-0.4, -0.2) is 41.4 Å². The molecule has 1 atom stereocenters. The highest BCUT2D eigenvalue weighted by Crippen LogP contribution is 2.16. The first-order valence-electron chi connectivity index (χ1n) is 4.24. The molecule has 1 unspecified atom stereocenters. The standard InChI is InChI=1S/C8H18N2O/c1-7(2)10-5-4-9-6-8(10,3)11/h7,9,11H,4-6H2,1-3H3. The van der Waals surface area contributed by atoms with E-state index in [1.807, 2.05) is 6.92 Å². The van der Waals surface area contributed by atoms with Crippen LogP contribution in [0.25, 0.3) is 0 Å². The molecule has 2 N–H and O–H groups in total. The van der Waals surface area contributed by atoms with E-state index in [2.05, 4.69) is 24.1 Å². The van der Waals surface area contributed by atoms with Gasteiger partial charge in [-0.05, 0) is 20.8 Å². The van der Waals surface area contributed by atoms with Crippen LogP contribution in [-0.2, 0) is 0 Å². The first kappa shape index (κ1) is 8.97. The molecule has 0 aromatic rings. The van der Waals surface area contributed by atoms with Gasteiger partial charge < -0.3 is 10.4 Å². The van der Waals surface area contributed by atoms with Gasteiger partial charge in [-0.25, -0.2) is 0 Å². The minimum atomic E-state index is -0.660. The molecule has 0 spiro atoms. The molecular weight excluding hydrogens is 140 g/mol. The van der Waals surface area contributed by atoms with Crippen LogP contribution in [0.5, 0.6) is 0 Å². The molecule has 1 fully saturated rings. The third-order valence-corrected chi connectivity index (χ3v) is 2.23. The van der Waals surface area contributed by atoms with Crippen LogP contribution in [0.2, 0.25) is 0 Å². The summed E-state index contributed by atoms with van der Waals surface area (Å²) in [5.74, 6) is 0. The molecule has 1 saturated heterocycles. The number of aliphatic hydroxyl groups is 1. The zero-order valence-corrected chi connectivity index (χ0v) is 7.59. The van der Waals surface area contributed by atoms with Crippen LogP contribution in [0.1, 0.15) is 20.8 Å². The van der Waals surface area contributed by atoms with Gasteiger partial charge in [-0.3, -0.25) is 4.90 Å². The molecule has 11 heavy (non-hydrogen) atoms. The number of nitrogens with zero attached hydrogens (tertiary/aromatic N) is 1. The van der Waals surface area contributed by atoms with Crippen molar-refractivity contribution in [2.45, 2.75) is 32.5 Å². The summed E-state index contributed by atoms with van der Waals surface area (Å²) in [4.78, 5) is 2.11. The number of piperazine rings is 1. The Labute approximate surface area is 68.4 Å². The lowest BCUT2D eigenvalue weighted by molar-refractivity contribution is -0.120. The molecule has 0 radical (unpaired) electrons. The Balaban J connectivity index is 2.60. The van der Waals surface area contributed by atoms with Gasteiger partial charge >= 0.3 is 0 Å². The highest BCUT2D eigenvalue weighted by atomic mass is 16.3. The molecule has 0 aliphatic carbocycles. The number of hydrogen-bond acceptors (Lipinski definition) is 3. The maximum atomic E-state index is 9.87. The second-order valence-corrected chi connectivity index (χ2v) is 3.68. The SMILES string of the molecule is CC(C)N1CCNCC1(C)O. The third-order valence-electron chi connectivity index (χ3n) is 2.23. The average molecular weight is 158 g/mol. The molecule has 0 amide bonds. The largest absolute Gasteiger partial charge is 0.375 e. The second kappa shape index (κ2) is 3.09. The quantitative estimate of drug-likeness (QED) is 0.564. The van der Waals surface area contributed by atoms with E-state index in [0.717, 1.165) is 13.1 Å². The fourth-order valence-corrected chi connectivity index (χ4v) is 1.68. The van der Waals surface area contributed by atoms with Crippen molar-refractivity contribution >= 4 is 0 Å². The molecule has 0 aromatic heterocycles. The van der Waals surface area contributed by atoms with Crippen molar-refractivity contribution in [1.29, 1.82) is 0 Å². The van der Waals surface area contributed by atoms with Crippen molar-refractivity contribution in [2.75, 3.05) is 19.6 Å². The Morgan fingerprint density at radius 1 is 1.55 bits per heavy atom. The van der Waals surface area contributed by atoms with Crippen LogP contribution in [0.15, 0.2) is 0 Å². The Hall–Kier alpha value is -0.120. The van der Waals surface area contributed by atoms with Gasteiger partial charge in [-0.1, -0.05) is 0 Å². The van der Waals surface area contributed by atoms with Crippen molar-refractivity contribution in [2.24, 2.45) is 0 Å². The lowest BCUT2D eigenvalue weighted by Gasteiger charge is -2.43. The Kier molecular flexibility index (Phi) is 2.52. The summed E-state index contributed by atoms with van der Waals surface area (Å²) in [7, 11) is 0. The number of β-amino-alcohol motifs (C(OH)–C–C–N with tert-alkyl or cyclic N) is 1. The van der Waals surface area contributed by atoms with Crippen LogP contribution in [0.4, 0.5) is 0 Å². The zero-order chi connectivity index (χ0) is 8.48. The molecule has 1 rings (SSSR count). The summed E-state index contributed by atoms with van der Waals surface area (Å²) in [5.41, 5.74) is -0.660. The van der Waals surface area contributed by atoms with E-state index in [4.69, 9.17) is 0 Å². The molecule has 0 bridgehead atoms. The molecule has 66 valence electrons. The fourth-order valence-electron chi connectivity index (χ4n) is 1.68. The van der Waals surface area contributed by atoms with Gasteiger partial charge in [0.25, 0.3) is 0 Å². The van der Waals surface area contributed by atoms with Gasteiger partial charge in [-0.2, -0.15) is 0 Å². The lowest BCUT2D eigenvalue weighted by atomic mass is 10.1. The van der Waals surface area contributed by atoms with Crippen molar-refractivity contribution in [3.63, 3.8) is 0 Å². The predicted octanol–water partition coefficient (Wildman–Crippen LogP) is 0.00850. The maximum absolute atomic E-state index is 9.87. The molecule has 1 aliphatic heterocycles. The van der Waals surface area contributed by atoms with Gasteiger partial charge in [0.2, 0.25) is 0 Å². The van der Waals surface area contributed by atoms with E-state index in [1.54, 1.807) is 0 Å². The van der Waals surface area contributed by atoms with Crippen molar-refractivity contribution in [3.8, 4) is 0 Å². The van der Waals surface area contributed by atoms with Crippen LogP contribution >= 0.6 is 0 Å². The van der Waals surface area contributed by atoms with Crippen molar-refractivity contribution in [3.05, 3.63) is 0 Å². The molecule has 1 heterocycles. The van der Waals surface area contributed by atoms with Crippen LogP contribution < -0.4 is 5.32 Å². The molecular formula is C8H18N2O. The van der Waals surface area contributed by atoms with Gasteiger partial charge in [0.05, 0.1) is 0 Å². The predicted molar refractivity (Wildman–Crippen MR) is 45.3 cm³/mol. The average Bonchev–Trinajstić information content (AvgIpc) is 1.85. The van der Waals surface area contributed by atoms with E-state index in [1.165, 1.54) is 0 Å². The Morgan fingerprint density at radius 3 is 2.55 bits per heavy atom. The molecule has 1 aliphatic rings. The van der Waals surface area contributed by atoms with E-state index in [0.29, 0.717) is 12.6 Å². The van der Waals surface area contributed by atoms with E-state index in [-0.39, 0.29) is 0 Å². The minimum Gasteiger partial charge on any atom is -0.375 e. The smallest absolute Gasteiger partial charge is 0.128 e. The molecule has 3 heteroatoms. The summed E-state index contributed by atoms with van der Waals surface area (Å²) in [6.45, 7) is 8.67. The van der Waals surface area contributed by atoms with E-state index >= 15 is 0 Å². The number of hydrogen-bond donors (Lipinski definition) is 2. The summed E-state index contributed by atoms with van der Waals surface area (Å²) in [6, 6.07) is 0.423. The summed E-state index contributed by atoms with van der Waals surface area (Å²) < 4.78 is 0. The van der Waals surface area contributed by atoms with Crippen LogP contribution in [0.3, 0.4) is 0 Å². The molecule has 3 nitrogen and oxygen atoms in total. The third kappa shape index (κ3) is 1.92. The Bertz CT molecular complexity index is 134. The van der Waals surface area contributed by atoms with E-state index in [9.17, 15) is 5.11 Å². The van der Waals surface area contributed by atoms with Crippen LogP contribution in [0, 0.1) is 0 Å². The van der Waals surface area contributed by atoms with Gasteiger partial charge in [0.15, 0.2) is 0 Å². The molecule has 0 aromatic carbocycles. The van der Waals surface area contributed by atoms with Crippen molar-refractivity contribution in [1.82, 2.24) is 10.2 Å². The fraction of sp³-hybridized carbons (Fsp3) is 1.00. The number of rotatable bonds is 1. The zero-order valence-electron chi connectivity index (χ0n) is 7.59. The lowest BCUT2D eigenvalue weighted by Crippen LogP contribution is -2.61. The highest BCUT2D eigenvalue weighted by molar-refractivity contribution is 4.84. The molecule has 0 saturated carbocycles. The number of nitrogens with one attached hydrogen (secondary N) is 1. The normalized spacial score (nSPS) is 34.6. The first-order chi connectivity index (χ1) is 5.04. The monoisotopic (exact) mass is 158 g/mol. The van der Waals surface area contributed by atoms with Gasteiger partial charge in [0.1, 0.15) is 5.72 Å². The summed E-state index contributed by atoms with van der Waals surface area (Å²) in [6.07, 6.45) is 0. The topological polar surface area (TPSA) is 35.5 Å². The second-order valence-electron chi connectivity index (χ2n) is 3.68. The van der Waals surface area contributed by atoms with E-state index < -0.39 is 5.72 Å². The maximum Gasteiger partial charge on any atom is 0.128 e. The minimum absolute atomic E-state index is 0.423. The summed E-state index contributed by atoms with van der Waals surface area (Å²) >= 11 is 0. The summed E-state index contributed by atoms with van der Waals surface area (Å²) in [5, 5.41) is 13.0. The first-order valence-corrected chi connectivity index (χ1v) is 4.24.